The number of rotatable bonds is 6. The minimum absolute atomic E-state index is 0.213. The number of amidine groups is 1. The van der Waals surface area contributed by atoms with Crippen LogP contribution in [-0.2, 0) is 14.8 Å². The fourth-order valence-electron chi connectivity index (χ4n) is 2.57. The number of halogens is 1. The molecule has 0 saturated carbocycles. The first-order valence-corrected chi connectivity index (χ1v) is 10.2. The molecular weight excluding hydrogens is 386 g/mol. The lowest BCUT2D eigenvalue weighted by molar-refractivity contribution is -0.116. The number of hydrogen-bond donors (Lipinski definition) is 2. The number of amides is 1. The van der Waals surface area contributed by atoms with Crippen LogP contribution in [0.5, 0.6) is 0 Å². The van der Waals surface area contributed by atoms with E-state index in [1.165, 1.54) is 6.08 Å². The predicted octanol–water partition coefficient (Wildman–Crippen LogP) is 2.60. The quantitative estimate of drug-likeness (QED) is 0.574. The minimum atomic E-state index is -3.52. The molecule has 0 saturated heterocycles. The molecule has 3 rings (SSSR count). The fourth-order valence-corrected chi connectivity index (χ4v) is 4.02. The highest BCUT2D eigenvalue weighted by Gasteiger charge is 2.29. The predicted molar refractivity (Wildman–Crippen MR) is 106 cm³/mol. The smallest absolute Gasteiger partial charge is 0.263 e. The lowest BCUT2D eigenvalue weighted by atomic mass is 10.2. The van der Waals surface area contributed by atoms with Gasteiger partial charge in [-0.25, -0.2) is 8.42 Å². The molecule has 140 valence electrons. The summed E-state index contributed by atoms with van der Waals surface area (Å²) in [4.78, 5) is 16.4. The SMILES string of the molecule is O=C(C=Cc1cccc(Cl)c1)NCCCN=C1NS(=O)(=O)c2ccccc21. The van der Waals surface area contributed by atoms with Gasteiger partial charge in [0.05, 0.1) is 4.90 Å². The molecule has 1 aliphatic heterocycles. The van der Waals surface area contributed by atoms with Crippen LogP contribution in [0.4, 0.5) is 0 Å². The van der Waals surface area contributed by atoms with E-state index in [1.54, 1.807) is 42.5 Å². The lowest BCUT2D eigenvalue weighted by Gasteiger charge is -2.02. The summed E-state index contributed by atoms with van der Waals surface area (Å²) in [5, 5.41) is 3.37. The third-order valence-electron chi connectivity index (χ3n) is 3.84. The maximum atomic E-state index is 12.0. The number of hydrogen-bond acceptors (Lipinski definition) is 4. The molecule has 0 atom stereocenters. The van der Waals surface area contributed by atoms with Crippen LogP contribution in [0.25, 0.3) is 6.08 Å². The van der Waals surface area contributed by atoms with E-state index < -0.39 is 10.0 Å². The molecule has 0 unspecified atom stereocenters. The second kappa shape index (κ2) is 8.37. The van der Waals surface area contributed by atoms with E-state index >= 15 is 0 Å². The summed E-state index contributed by atoms with van der Waals surface area (Å²) < 4.78 is 26.4. The number of nitrogens with one attached hydrogen (secondary N) is 2. The highest BCUT2D eigenvalue weighted by atomic mass is 35.5. The second-order valence-corrected chi connectivity index (χ2v) is 7.95. The molecule has 6 nitrogen and oxygen atoms in total. The van der Waals surface area contributed by atoms with Crippen LogP contribution in [0, 0.1) is 0 Å². The Bertz CT molecular complexity index is 1020. The van der Waals surface area contributed by atoms with Crippen LogP contribution < -0.4 is 10.0 Å². The molecule has 0 radical (unpaired) electrons. The molecule has 1 amide bonds. The zero-order chi connectivity index (χ0) is 19.3. The third-order valence-corrected chi connectivity index (χ3v) is 5.47. The summed E-state index contributed by atoms with van der Waals surface area (Å²) >= 11 is 5.89. The zero-order valence-corrected chi connectivity index (χ0v) is 15.9. The normalized spacial score (nSPS) is 16.3. The summed E-state index contributed by atoms with van der Waals surface area (Å²) in [6.07, 6.45) is 3.72. The first-order chi connectivity index (χ1) is 13.0. The molecule has 8 heteroatoms. The molecule has 0 aromatic heterocycles. The number of benzene rings is 2. The van der Waals surface area contributed by atoms with E-state index in [9.17, 15) is 13.2 Å². The molecule has 0 fully saturated rings. The number of aliphatic imine (C=N–C) groups is 1. The van der Waals surface area contributed by atoms with Crippen LogP contribution in [0.1, 0.15) is 17.5 Å². The Labute approximate surface area is 163 Å². The summed E-state index contributed by atoms with van der Waals surface area (Å²) in [5.41, 5.74) is 1.42. The van der Waals surface area contributed by atoms with Crippen molar-refractivity contribution in [3.05, 3.63) is 70.8 Å². The van der Waals surface area contributed by atoms with Crippen molar-refractivity contribution in [2.45, 2.75) is 11.3 Å². The Balaban J connectivity index is 1.47. The topological polar surface area (TPSA) is 87.6 Å². The molecule has 2 N–H and O–H groups in total. The van der Waals surface area contributed by atoms with Crippen LogP contribution in [0.3, 0.4) is 0 Å². The molecule has 0 aliphatic carbocycles. The van der Waals surface area contributed by atoms with Gasteiger partial charge in [-0.2, -0.15) is 0 Å². The maximum absolute atomic E-state index is 12.0. The van der Waals surface area contributed by atoms with Crippen molar-refractivity contribution in [1.82, 2.24) is 10.0 Å². The minimum Gasteiger partial charge on any atom is -0.352 e. The van der Waals surface area contributed by atoms with E-state index in [-0.39, 0.29) is 10.8 Å². The first kappa shape index (κ1) is 19.1. The van der Waals surface area contributed by atoms with Crippen molar-refractivity contribution in [2.24, 2.45) is 4.99 Å². The highest BCUT2D eigenvalue weighted by molar-refractivity contribution is 7.90. The standard InChI is InChI=1S/C19H18ClN3O3S/c20-15-6-3-5-14(13-15)9-10-18(24)21-11-4-12-22-19-16-7-1-2-8-17(16)27(25,26)23-19/h1-3,5-10,13H,4,11-12H2,(H,21,24)(H,22,23). The Kier molecular flexibility index (Phi) is 5.93. The van der Waals surface area contributed by atoms with E-state index in [0.717, 1.165) is 5.56 Å². The Morgan fingerprint density at radius 2 is 2.00 bits per heavy atom. The van der Waals surface area contributed by atoms with Gasteiger partial charge < -0.3 is 5.32 Å². The summed E-state index contributed by atoms with van der Waals surface area (Å²) in [6.45, 7) is 0.828. The Hall–Kier alpha value is -2.64. The highest BCUT2D eigenvalue weighted by Crippen LogP contribution is 2.22. The number of nitrogens with zero attached hydrogens (tertiary/aromatic N) is 1. The molecule has 0 bridgehead atoms. The average Bonchev–Trinajstić information content (AvgIpc) is 2.91. The van der Waals surface area contributed by atoms with Gasteiger partial charge in [0, 0.05) is 29.8 Å². The maximum Gasteiger partial charge on any atom is 0.263 e. The van der Waals surface area contributed by atoms with Gasteiger partial charge in [-0.15, -0.1) is 0 Å². The van der Waals surface area contributed by atoms with E-state index in [1.807, 2.05) is 12.1 Å². The van der Waals surface area contributed by atoms with Crippen molar-refractivity contribution in [2.75, 3.05) is 13.1 Å². The van der Waals surface area contributed by atoms with Crippen LogP contribution in [0.15, 0.2) is 64.5 Å². The van der Waals surface area contributed by atoms with Crippen molar-refractivity contribution in [1.29, 1.82) is 0 Å². The van der Waals surface area contributed by atoms with Gasteiger partial charge in [0.15, 0.2) is 0 Å². The molecule has 1 heterocycles. The Morgan fingerprint density at radius 1 is 1.19 bits per heavy atom. The molecular formula is C19H18ClN3O3S. The Morgan fingerprint density at radius 3 is 2.81 bits per heavy atom. The van der Waals surface area contributed by atoms with Gasteiger partial charge in [0.1, 0.15) is 5.84 Å². The number of sulfonamides is 1. The van der Waals surface area contributed by atoms with Crippen molar-refractivity contribution >= 4 is 39.4 Å². The van der Waals surface area contributed by atoms with Crippen LogP contribution in [0.2, 0.25) is 5.02 Å². The first-order valence-electron chi connectivity index (χ1n) is 8.34. The van der Waals surface area contributed by atoms with Gasteiger partial charge in [0.25, 0.3) is 10.0 Å². The third kappa shape index (κ3) is 4.96. The van der Waals surface area contributed by atoms with Gasteiger partial charge in [-0.3, -0.25) is 14.5 Å². The van der Waals surface area contributed by atoms with Gasteiger partial charge in [-0.1, -0.05) is 35.9 Å². The molecule has 2 aromatic rings. The molecule has 27 heavy (non-hydrogen) atoms. The van der Waals surface area contributed by atoms with Crippen molar-refractivity contribution in [3.63, 3.8) is 0 Å². The molecule has 0 spiro atoms. The summed E-state index contributed by atoms with van der Waals surface area (Å²) in [6, 6.07) is 13.9. The monoisotopic (exact) mass is 403 g/mol. The average molecular weight is 404 g/mol. The van der Waals surface area contributed by atoms with E-state index in [2.05, 4.69) is 15.0 Å². The molecule has 2 aromatic carbocycles. The van der Waals surface area contributed by atoms with Gasteiger partial charge in [-0.05, 0) is 42.3 Å². The van der Waals surface area contributed by atoms with Gasteiger partial charge in [0.2, 0.25) is 5.91 Å². The largest absolute Gasteiger partial charge is 0.352 e. The number of carbonyl (C=O) groups excluding carboxylic acids is 1. The van der Waals surface area contributed by atoms with Crippen molar-refractivity contribution < 1.29 is 13.2 Å². The second-order valence-electron chi connectivity index (χ2n) is 5.86. The lowest BCUT2D eigenvalue weighted by Crippen LogP contribution is -2.24. The van der Waals surface area contributed by atoms with Crippen LogP contribution >= 0.6 is 11.6 Å². The number of fused-ring (bicyclic) bond motifs is 1. The van der Waals surface area contributed by atoms with E-state index in [0.29, 0.717) is 35.9 Å². The zero-order valence-electron chi connectivity index (χ0n) is 14.4. The number of carbonyl (C=O) groups is 1. The van der Waals surface area contributed by atoms with Crippen molar-refractivity contribution in [3.8, 4) is 0 Å². The van der Waals surface area contributed by atoms with Gasteiger partial charge >= 0.3 is 0 Å². The van der Waals surface area contributed by atoms with E-state index in [4.69, 9.17) is 11.6 Å². The fraction of sp³-hybridized carbons (Fsp3) is 0.158. The summed E-state index contributed by atoms with van der Waals surface area (Å²) in [7, 11) is -3.52. The van der Waals surface area contributed by atoms with Crippen LogP contribution in [-0.4, -0.2) is 33.3 Å². The summed E-state index contributed by atoms with van der Waals surface area (Å²) in [5.74, 6) is 0.132. The molecule has 1 aliphatic rings.